The van der Waals surface area contributed by atoms with Gasteiger partial charge in [-0.05, 0) is 53.6 Å². The molecule has 0 bridgehead atoms. The predicted octanol–water partition coefficient (Wildman–Crippen LogP) is 5.54. The van der Waals surface area contributed by atoms with Crippen molar-refractivity contribution in [3.05, 3.63) is 82.9 Å². The Morgan fingerprint density at radius 2 is 1.33 bits per heavy atom. The first-order chi connectivity index (χ1) is 10.2. The fourth-order valence-electron chi connectivity index (χ4n) is 3.47. The van der Waals surface area contributed by atoms with Crippen molar-refractivity contribution in [2.75, 3.05) is 0 Å². The number of fused-ring (bicyclic) bond motifs is 3. The maximum Gasteiger partial charge on any atom is -0.00132 e. The maximum absolute atomic E-state index is 2.36. The summed E-state index contributed by atoms with van der Waals surface area (Å²) >= 11 is 0. The molecule has 0 radical (unpaired) electrons. The number of rotatable bonds is 1. The lowest BCUT2D eigenvalue weighted by molar-refractivity contribution is 1.26. The predicted molar refractivity (Wildman–Crippen MR) is 89.6 cm³/mol. The Labute approximate surface area is 126 Å². The van der Waals surface area contributed by atoms with Crippen LogP contribution in [-0.4, -0.2) is 0 Å². The van der Waals surface area contributed by atoms with Gasteiger partial charge in [-0.2, -0.15) is 0 Å². The van der Waals surface area contributed by atoms with E-state index in [9.17, 15) is 0 Å². The zero-order valence-electron chi connectivity index (χ0n) is 12.5. The molecule has 3 aromatic rings. The molecule has 0 spiro atoms. The molecule has 3 aromatic carbocycles. The molecule has 21 heavy (non-hydrogen) atoms. The van der Waals surface area contributed by atoms with Crippen molar-refractivity contribution in [3.8, 4) is 22.3 Å². The van der Waals surface area contributed by atoms with Gasteiger partial charge in [-0.25, -0.2) is 0 Å². The second-order valence-corrected chi connectivity index (χ2v) is 6.08. The van der Waals surface area contributed by atoms with Crippen LogP contribution in [0.5, 0.6) is 0 Å². The van der Waals surface area contributed by atoms with Crippen molar-refractivity contribution in [2.45, 2.75) is 20.3 Å². The summed E-state index contributed by atoms with van der Waals surface area (Å²) < 4.78 is 0. The van der Waals surface area contributed by atoms with Crippen molar-refractivity contribution in [1.82, 2.24) is 0 Å². The lowest BCUT2D eigenvalue weighted by atomic mass is 9.97. The van der Waals surface area contributed by atoms with Gasteiger partial charge in [0.1, 0.15) is 0 Å². The molecule has 1 aliphatic rings. The highest BCUT2D eigenvalue weighted by atomic mass is 14.2. The first-order valence-electron chi connectivity index (χ1n) is 7.50. The molecule has 0 unspecified atom stereocenters. The molecule has 1 aliphatic carbocycles. The molecule has 4 rings (SSSR count). The highest BCUT2D eigenvalue weighted by molar-refractivity contribution is 5.80. The Hall–Kier alpha value is -2.34. The van der Waals surface area contributed by atoms with E-state index in [1.165, 1.54) is 44.5 Å². The fraction of sp³-hybridized carbons (Fsp3) is 0.143. The SMILES string of the molecule is Cc1cc(C)cc(-c2ccc3c(c2)Cc2ccccc2-3)c1. The summed E-state index contributed by atoms with van der Waals surface area (Å²) in [6.07, 6.45) is 1.06. The van der Waals surface area contributed by atoms with Crippen LogP contribution in [0.25, 0.3) is 22.3 Å². The van der Waals surface area contributed by atoms with E-state index in [-0.39, 0.29) is 0 Å². The van der Waals surface area contributed by atoms with Crippen molar-refractivity contribution in [3.63, 3.8) is 0 Å². The van der Waals surface area contributed by atoms with Gasteiger partial charge in [0.2, 0.25) is 0 Å². The van der Waals surface area contributed by atoms with E-state index in [1.54, 1.807) is 0 Å². The third-order valence-electron chi connectivity index (χ3n) is 4.35. The molecule has 0 nitrogen and oxygen atoms in total. The van der Waals surface area contributed by atoms with E-state index in [4.69, 9.17) is 0 Å². The van der Waals surface area contributed by atoms with Gasteiger partial charge in [0.05, 0.1) is 0 Å². The lowest BCUT2D eigenvalue weighted by Gasteiger charge is -2.08. The molecule has 0 amide bonds. The van der Waals surface area contributed by atoms with Crippen molar-refractivity contribution in [2.24, 2.45) is 0 Å². The largest absolute Gasteiger partial charge is 0.0619 e. The van der Waals surface area contributed by atoms with E-state index in [2.05, 4.69) is 74.5 Å². The second kappa shape index (κ2) is 4.60. The zero-order chi connectivity index (χ0) is 14.4. The number of hydrogen-bond acceptors (Lipinski definition) is 0. The molecular weight excluding hydrogens is 252 g/mol. The third kappa shape index (κ3) is 2.08. The van der Waals surface area contributed by atoms with Crippen LogP contribution in [0.2, 0.25) is 0 Å². The zero-order valence-corrected chi connectivity index (χ0v) is 12.5. The van der Waals surface area contributed by atoms with Gasteiger partial charge >= 0.3 is 0 Å². The molecular formula is C21H18. The average Bonchev–Trinajstić information content (AvgIpc) is 2.83. The van der Waals surface area contributed by atoms with Crippen LogP contribution in [0.4, 0.5) is 0 Å². The van der Waals surface area contributed by atoms with Gasteiger partial charge in [0.15, 0.2) is 0 Å². The number of benzene rings is 3. The van der Waals surface area contributed by atoms with Gasteiger partial charge in [-0.1, -0.05) is 71.8 Å². The Morgan fingerprint density at radius 1 is 0.619 bits per heavy atom. The highest BCUT2D eigenvalue weighted by Gasteiger charge is 2.18. The Morgan fingerprint density at radius 3 is 2.14 bits per heavy atom. The van der Waals surface area contributed by atoms with Gasteiger partial charge in [-0.3, -0.25) is 0 Å². The summed E-state index contributed by atoms with van der Waals surface area (Å²) in [6, 6.07) is 22.4. The van der Waals surface area contributed by atoms with Crippen molar-refractivity contribution < 1.29 is 0 Å². The van der Waals surface area contributed by atoms with Crippen LogP contribution in [0, 0.1) is 13.8 Å². The topological polar surface area (TPSA) is 0 Å². The van der Waals surface area contributed by atoms with E-state index >= 15 is 0 Å². The molecule has 102 valence electrons. The minimum absolute atomic E-state index is 1.06. The normalized spacial score (nSPS) is 12.1. The molecule has 0 saturated heterocycles. The molecule has 0 saturated carbocycles. The molecule has 0 aliphatic heterocycles. The Kier molecular flexibility index (Phi) is 2.71. The van der Waals surface area contributed by atoms with Gasteiger partial charge in [-0.15, -0.1) is 0 Å². The minimum atomic E-state index is 1.06. The summed E-state index contributed by atoms with van der Waals surface area (Å²) in [5.41, 5.74) is 11.0. The van der Waals surface area contributed by atoms with Crippen LogP contribution >= 0.6 is 0 Å². The molecule has 0 atom stereocenters. The van der Waals surface area contributed by atoms with Gasteiger partial charge in [0, 0.05) is 0 Å². The van der Waals surface area contributed by atoms with Crippen LogP contribution < -0.4 is 0 Å². The van der Waals surface area contributed by atoms with Crippen LogP contribution in [0.1, 0.15) is 22.3 Å². The maximum atomic E-state index is 2.36. The van der Waals surface area contributed by atoms with E-state index < -0.39 is 0 Å². The van der Waals surface area contributed by atoms with Gasteiger partial charge in [0.25, 0.3) is 0 Å². The van der Waals surface area contributed by atoms with Crippen LogP contribution in [0.15, 0.2) is 60.7 Å². The smallest absolute Gasteiger partial charge is 0.00132 e. The number of aryl methyl sites for hydroxylation is 2. The van der Waals surface area contributed by atoms with E-state index in [1.807, 2.05) is 0 Å². The summed E-state index contributed by atoms with van der Waals surface area (Å²) in [5, 5.41) is 0. The minimum Gasteiger partial charge on any atom is -0.0619 e. The van der Waals surface area contributed by atoms with Crippen molar-refractivity contribution >= 4 is 0 Å². The number of hydrogen-bond donors (Lipinski definition) is 0. The second-order valence-electron chi connectivity index (χ2n) is 6.08. The Balaban J connectivity index is 1.83. The quantitative estimate of drug-likeness (QED) is 0.426. The monoisotopic (exact) mass is 270 g/mol. The summed E-state index contributed by atoms with van der Waals surface area (Å²) in [6.45, 7) is 4.33. The van der Waals surface area contributed by atoms with E-state index in [0.717, 1.165) is 6.42 Å². The van der Waals surface area contributed by atoms with Crippen LogP contribution in [0.3, 0.4) is 0 Å². The molecule has 0 fully saturated rings. The molecule has 0 N–H and O–H groups in total. The summed E-state index contributed by atoms with van der Waals surface area (Å²) in [4.78, 5) is 0. The lowest BCUT2D eigenvalue weighted by Crippen LogP contribution is -1.86. The molecule has 0 heterocycles. The van der Waals surface area contributed by atoms with Gasteiger partial charge < -0.3 is 0 Å². The summed E-state index contributed by atoms with van der Waals surface area (Å²) in [7, 11) is 0. The highest BCUT2D eigenvalue weighted by Crippen LogP contribution is 2.38. The summed E-state index contributed by atoms with van der Waals surface area (Å²) in [5.74, 6) is 0. The standard InChI is InChI=1S/C21H18/c1-14-9-15(2)11-18(10-14)16-7-8-21-19(12-16)13-17-5-3-4-6-20(17)21/h3-12H,13H2,1-2H3. The van der Waals surface area contributed by atoms with Crippen molar-refractivity contribution in [1.29, 1.82) is 0 Å². The first kappa shape index (κ1) is 12.4. The fourth-order valence-corrected chi connectivity index (χ4v) is 3.47. The van der Waals surface area contributed by atoms with E-state index in [0.29, 0.717) is 0 Å². The van der Waals surface area contributed by atoms with Crippen LogP contribution in [-0.2, 0) is 6.42 Å². The molecule has 0 aromatic heterocycles. The third-order valence-corrected chi connectivity index (χ3v) is 4.35. The first-order valence-corrected chi connectivity index (χ1v) is 7.50. The molecule has 0 heteroatoms. The average molecular weight is 270 g/mol. The Bertz CT molecular complexity index is 820.